The fourth-order valence-electron chi connectivity index (χ4n) is 1.10. The highest BCUT2D eigenvalue weighted by Gasteiger charge is 2.11. The molecule has 0 aliphatic heterocycles. The maximum absolute atomic E-state index is 6.98. The number of benzene rings is 1. The van der Waals surface area contributed by atoms with Crippen LogP contribution in [0.2, 0.25) is 0 Å². The van der Waals surface area contributed by atoms with Crippen molar-refractivity contribution in [3.63, 3.8) is 0 Å². The zero-order valence-corrected chi connectivity index (χ0v) is 6.90. The number of hydrogen-bond donors (Lipinski definition) is 0. The van der Waals surface area contributed by atoms with Gasteiger partial charge in [-0.1, -0.05) is 36.4 Å². The molecular formula is C11H11N. The van der Waals surface area contributed by atoms with Crippen LogP contribution in [0.25, 0.3) is 4.85 Å². The lowest BCUT2D eigenvalue weighted by Gasteiger charge is -2.00. The summed E-state index contributed by atoms with van der Waals surface area (Å²) in [5.41, 5.74) is 1.08. The fraction of sp³-hybridized carbons (Fsp3) is 0.182. The Hall–Kier alpha value is -1.55. The van der Waals surface area contributed by atoms with Crippen molar-refractivity contribution >= 4 is 0 Å². The van der Waals surface area contributed by atoms with Crippen LogP contribution in [0.1, 0.15) is 18.0 Å². The molecule has 1 aromatic rings. The fourth-order valence-corrected chi connectivity index (χ4v) is 1.10. The van der Waals surface area contributed by atoms with Crippen molar-refractivity contribution in [3.05, 3.63) is 60.0 Å². The Morgan fingerprint density at radius 1 is 1.42 bits per heavy atom. The highest BCUT2D eigenvalue weighted by molar-refractivity contribution is 5.21. The third-order valence-corrected chi connectivity index (χ3v) is 1.73. The van der Waals surface area contributed by atoms with Gasteiger partial charge in [0.05, 0.1) is 0 Å². The molecule has 1 aromatic carbocycles. The minimum atomic E-state index is -0.0521. The van der Waals surface area contributed by atoms with E-state index in [0.717, 1.165) is 12.0 Å². The van der Waals surface area contributed by atoms with Gasteiger partial charge in [-0.25, -0.2) is 6.57 Å². The van der Waals surface area contributed by atoms with Gasteiger partial charge in [0.25, 0.3) is 6.04 Å². The lowest BCUT2D eigenvalue weighted by atomic mass is 10.1. The van der Waals surface area contributed by atoms with Crippen molar-refractivity contribution in [2.75, 3.05) is 0 Å². The molecule has 1 rings (SSSR count). The van der Waals surface area contributed by atoms with Crippen molar-refractivity contribution in [3.8, 4) is 0 Å². The molecule has 0 aliphatic carbocycles. The Kier molecular flexibility index (Phi) is 3.10. The van der Waals surface area contributed by atoms with Crippen molar-refractivity contribution in [1.29, 1.82) is 0 Å². The van der Waals surface area contributed by atoms with Gasteiger partial charge in [0.15, 0.2) is 0 Å². The summed E-state index contributed by atoms with van der Waals surface area (Å²) in [6, 6.07) is 9.77. The molecule has 0 spiro atoms. The topological polar surface area (TPSA) is 4.36 Å². The smallest absolute Gasteiger partial charge is 0.252 e. The van der Waals surface area contributed by atoms with E-state index in [1.807, 2.05) is 30.3 Å². The van der Waals surface area contributed by atoms with Crippen molar-refractivity contribution in [2.24, 2.45) is 0 Å². The molecule has 0 fully saturated rings. The highest BCUT2D eigenvalue weighted by Crippen LogP contribution is 2.20. The van der Waals surface area contributed by atoms with Crippen molar-refractivity contribution in [1.82, 2.24) is 0 Å². The molecule has 0 heterocycles. The van der Waals surface area contributed by atoms with Crippen molar-refractivity contribution < 1.29 is 0 Å². The maximum atomic E-state index is 6.98. The van der Waals surface area contributed by atoms with Crippen molar-refractivity contribution in [2.45, 2.75) is 12.5 Å². The molecule has 1 heteroatoms. The third-order valence-electron chi connectivity index (χ3n) is 1.73. The summed E-state index contributed by atoms with van der Waals surface area (Å²) in [5.74, 6) is 0. The summed E-state index contributed by atoms with van der Waals surface area (Å²) in [5, 5.41) is 0. The molecule has 0 saturated carbocycles. The van der Waals surface area contributed by atoms with Gasteiger partial charge in [0.1, 0.15) is 0 Å². The molecule has 60 valence electrons. The molecule has 0 N–H and O–H groups in total. The summed E-state index contributed by atoms with van der Waals surface area (Å²) < 4.78 is 0. The van der Waals surface area contributed by atoms with E-state index >= 15 is 0 Å². The second kappa shape index (κ2) is 4.35. The largest absolute Gasteiger partial charge is 0.308 e. The number of rotatable bonds is 3. The predicted molar refractivity (Wildman–Crippen MR) is 50.6 cm³/mol. The average molecular weight is 157 g/mol. The van der Waals surface area contributed by atoms with Gasteiger partial charge in [0, 0.05) is 12.0 Å². The van der Waals surface area contributed by atoms with Crippen LogP contribution in [0.5, 0.6) is 0 Å². The second-order valence-corrected chi connectivity index (χ2v) is 2.58. The molecular weight excluding hydrogens is 146 g/mol. The normalized spacial score (nSPS) is 11.6. The minimum absolute atomic E-state index is 0.0521. The average Bonchev–Trinajstić information content (AvgIpc) is 2.15. The first-order valence-corrected chi connectivity index (χ1v) is 3.91. The molecule has 0 bridgehead atoms. The van der Waals surface area contributed by atoms with Crippen LogP contribution in [0.3, 0.4) is 0 Å². The van der Waals surface area contributed by atoms with Crippen LogP contribution in [-0.4, -0.2) is 0 Å². The Balaban J connectivity index is 2.82. The minimum Gasteiger partial charge on any atom is -0.308 e. The van der Waals surface area contributed by atoms with E-state index < -0.39 is 0 Å². The van der Waals surface area contributed by atoms with Crippen LogP contribution in [0.15, 0.2) is 43.0 Å². The van der Waals surface area contributed by atoms with Crippen LogP contribution < -0.4 is 0 Å². The first-order valence-electron chi connectivity index (χ1n) is 3.91. The Labute approximate surface area is 73.2 Å². The summed E-state index contributed by atoms with van der Waals surface area (Å²) in [6.45, 7) is 10.6. The second-order valence-electron chi connectivity index (χ2n) is 2.58. The molecule has 1 unspecified atom stereocenters. The molecule has 0 saturated heterocycles. The van der Waals surface area contributed by atoms with Gasteiger partial charge in [0.2, 0.25) is 0 Å². The van der Waals surface area contributed by atoms with E-state index in [1.165, 1.54) is 0 Å². The Bertz CT molecular complexity index is 282. The molecule has 0 amide bonds. The Morgan fingerprint density at radius 2 is 2.08 bits per heavy atom. The number of hydrogen-bond acceptors (Lipinski definition) is 0. The summed E-state index contributed by atoms with van der Waals surface area (Å²) in [6.07, 6.45) is 2.52. The van der Waals surface area contributed by atoms with E-state index in [1.54, 1.807) is 6.08 Å². The zero-order chi connectivity index (χ0) is 8.81. The first-order chi connectivity index (χ1) is 5.88. The van der Waals surface area contributed by atoms with E-state index in [-0.39, 0.29) is 6.04 Å². The lowest BCUT2D eigenvalue weighted by Crippen LogP contribution is -1.89. The summed E-state index contributed by atoms with van der Waals surface area (Å²) >= 11 is 0. The molecule has 12 heavy (non-hydrogen) atoms. The third kappa shape index (κ3) is 1.96. The SMILES string of the molecule is [C-]#[N+]C(CC=C)c1ccccc1. The van der Waals surface area contributed by atoms with Crippen LogP contribution in [0.4, 0.5) is 0 Å². The predicted octanol–water partition coefficient (Wildman–Crippen LogP) is 3.22. The zero-order valence-electron chi connectivity index (χ0n) is 6.90. The molecule has 0 radical (unpaired) electrons. The van der Waals surface area contributed by atoms with E-state index in [2.05, 4.69) is 11.4 Å². The van der Waals surface area contributed by atoms with E-state index in [4.69, 9.17) is 6.57 Å². The molecule has 0 aliphatic rings. The van der Waals surface area contributed by atoms with Gasteiger partial charge in [-0.2, -0.15) is 0 Å². The lowest BCUT2D eigenvalue weighted by molar-refractivity contribution is 0.860. The summed E-state index contributed by atoms with van der Waals surface area (Å²) in [4.78, 5) is 3.53. The quantitative estimate of drug-likeness (QED) is 0.468. The van der Waals surface area contributed by atoms with Gasteiger partial charge < -0.3 is 4.85 Å². The van der Waals surface area contributed by atoms with E-state index in [0.29, 0.717) is 0 Å². The highest BCUT2D eigenvalue weighted by atomic mass is 14.7. The molecule has 1 nitrogen and oxygen atoms in total. The van der Waals surface area contributed by atoms with Gasteiger partial charge in [-0.05, 0) is 0 Å². The Morgan fingerprint density at radius 3 is 2.58 bits per heavy atom. The van der Waals surface area contributed by atoms with Gasteiger partial charge in [-0.15, -0.1) is 6.58 Å². The standard InChI is InChI=1S/C11H11N/c1-3-7-11(12-2)10-8-5-4-6-9-10/h3-6,8-9,11H,1,7H2. The summed E-state index contributed by atoms with van der Waals surface area (Å²) in [7, 11) is 0. The molecule has 1 atom stereocenters. The van der Waals surface area contributed by atoms with Crippen LogP contribution in [-0.2, 0) is 0 Å². The van der Waals surface area contributed by atoms with Gasteiger partial charge >= 0.3 is 0 Å². The maximum Gasteiger partial charge on any atom is 0.252 e. The van der Waals surface area contributed by atoms with E-state index in [9.17, 15) is 0 Å². The molecule has 0 aromatic heterocycles. The van der Waals surface area contributed by atoms with Crippen LogP contribution >= 0.6 is 0 Å². The van der Waals surface area contributed by atoms with Crippen LogP contribution in [0, 0.1) is 6.57 Å². The van der Waals surface area contributed by atoms with Gasteiger partial charge in [-0.3, -0.25) is 0 Å². The monoisotopic (exact) mass is 157 g/mol. The first kappa shape index (κ1) is 8.55. The number of nitrogens with zero attached hydrogens (tertiary/aromatic N) is 1.